The van der Waals surface area contributed by atoms with Crippen LogP contribution in [0.5, 0.6) is 0 Å². The van der Waals surface area contributed by atoms with Crippen molar-refractivity contribution in [1.29, 1.82) is 0 Å². The summed E-state index contributed by atoms with van der Waals surface area (Å²) in [5, 5.41) is 3.87. The number of rotatable bonds is 4. The maximum atomic E-state index is 11.0. The zero-order valence-electron chi connectivity index (χ0n) is 10.4. The maximum absolute atomic E-state index is 11.0. The van der Waals surface area contributed by atoms with Crippen LogP contribution < -0.4 is 16.9 Å². The predicted molar refractivity (Wildman–Crippen MR) is 80.2 cm³/mol. The third-order valence-corrected chi connectivity index (χ3v) is 2.54. The van der Waals surface area contributed by atoms with Crippen molar-refractivity contribution >= 4 is 29.5 Å². The molecule has 0 unspecified atom stereocenters. The van der Waals surface area contributed by atoms with Gasteiger partial charge in [-0.25, -0.2) is 0 Å². The van der Waals surface area contributed by atoms with Crippen LogP contribution in [0.15, 0.2) is 45.9 Å². The minimum atomic E-state index is -0.465. The van der Waals surface area contributed by atoms with Gasteiger partial charge >= 0.3 is 0 Å². The van der Waals surface area contributed by atoms with E-state index in [4.69, 9.17) is 15.9 Å². The first-order valence-corrected chi connectivity index (χ1v) is 6.05. The largest absolute Gasteiger partial charge is 0.455 e. The van der Waals surface area contributed by atoms with E-state index in [0.717, 1.165) is 5.56 Å². The Labute approximate surface area is 120 Å². The van der Waals surface area contributed by atoms with Crippen molar-refractivity contribution in [3.05, 3.63) is 47.7 Å². The van der Waals surface area contributed by atoms with Crippen molar-refractivity contribution in [2.45, 2.75) is 0 Å². The molecule has 7 heteroatoms. The fraction of sp³-hybridized carbons (Fsp3) is 0. The van der Waals surface area contributed by atoms with Gasteiger partial charge in [-0.2, -0.15) is 5.10 Å². The smallest absolute Gasteiger partial charge is 0.248 e. The van der Waals surface area contributed by atoms with Crippen LogP contribution in [0.1, 0.15) is 16.1 Å². The van der Waals surface area contributed by atoms with E-state index in [1.165, 1.54) is 6.21 Å². The number of furan rings is 1. The number of hydrogen-bond donors (Lipinski definition) is 3. The molecule has 1 aromatic carbocycles. The summed E-state index contributed by atoms with van der Waals surface area (Å²) in [5.41, 5.74) is 14.1. The van der Waals surface area contributed by atoms with Gasteiger partial charge in [-0.05, 0) is 36.5 Å². The molecular formula is C13H12N4O2S. The van der Waals surface area contributed by atoms with Crippen molar-refractivity contribution in [2.24, 2.45) is 16.6 Å². The summed E-state index contributed by atoms with van der Waals surface area (Å²) in [6.07, 6.45) is 1.46. The summed E-state index contributed by atoms with van der Waals surface area (Å²) in [6, 6.07) is 10.3. The van der Waals surface area contributed by atoms with Crippen LogP contribution in [-0.2, 0) is 0 Å². The molecule has 0 atom stereocenters. The van der Waals surface area contributed by atoms with Gasteiger partial charge < -0.3 is 15.9 Å². The van der Waals surface area contributed by atoms with Crippen LogP contribution in [0.4, 0.5) is 0 Å². The van der Waals surface area contributed by atoms with Gasteiger partial charge in [-0.15, -0.1) is 0 Å². The Hall–Kier alpha value is -2.67. The Kier molecular flexibility index (Phi) is 4.11. The molecule has 0 aliphatic carbocycles. The Morgan fingerprint density at radius 3 is 2.50 bits per heavy atom. The number of carbonyl (C=O) groups is 1. The second-order valence-corrected chi connectivity index (χ2v) is 4.32. The van der Waals surface area contributed by atoms with Crippen LogP contribution in [0.25, 0.3) is 11.3 Å². The number of nitrogens with one attached hydrogen (secondary N) is 1. The van der Waals surface area contributed by atoms with Crippen molar-refractivity contribution in [3.63, 3.8) is 0 Å². The maximum Gasteiger partial charge on any atom is 0.248 e. The Bertz CT molecular complexity index is 661. The van der Waals surface area contributed by atoms with E-state index in [2.05, 4.69) is 22.7 Å². The summed E-state index contributed by atoms with van der Waals surface area (Å²) in [5.74, 6) is 0.730. The number of primary amides is 1. The zero-order valence-corrected chi connectivity index (χ0v) is 11.2. The molecule has 5 N–H and O–H groups in total. The molecule has 2 aromatic rings. The molecule has 0 spiro atoms. The van der Waals surface area contributed by atoms with E-state index in [1.807, 2.05) is 0 Å². The van der Waals surface area contributed by atoms with Gasteiger partial charge in [0.15, 0.2) is 5.11 Å². The summed E-state index contributed by atoms with van der Waals surface area (Å²) < 4.78 is 5.56. The highest BCUT2D eigenvalue weighted by molar-refractivity contribution is 7.80. The predicted octanol–water partition coefficient (Wildman–Crippen LogP) is 1.21. The summed E-state index contributed by atoms with van der Waals surface area (Å²) in [7, 11) is 0. The lowest BCUT2D eigenvalue weighted by atomic mass is 10.1. The summed E-state index contributed by atoms with van der Waals surface area (Å²) in [4.78, 5) is 11.0. The molecule has 102 valence electrons. The fourth-order valence-electron chi connectivity index (χ4n) is 1.54. The topological polar surface area (TPSA) is 107 Å². The van der Waals surface area contributed by atoms with Crippen LogP contribution in [0.3, 0.4) is 0 Å². The number of hydrogen-bond acceptors (Lipinski definition) is 4. The van der Waals surface area contributed by atoms with Gasteiger partial charge in [-0.1, -0.05) is 12.1 Å². The normalized spacial score (nSPS) is 10.6. The number of amides is 1. The monoisotopic (exact) mass is 288 g/mol. The Morgan fingerprint density at radius 2 is 1.90 bits per heavy atom. The summed E-state index contributed by atoms with van der Waals surface area (Å²) in [6.45, 7) is 0. The first-order valence-electron chi connectivity index (χ1n) is 5.65. The molecule has 6 nitrogen and oxygen atoms in total. The minimum absolute atomic E-state index is 0.0788. The molecule has 0 aliphatic rings. The second-order valence-electron chi connectivity index (χ2n) is 3.88. The minimum Gasteiger partial charge on any atom is -0.455 e. The van der Waals surface area contributed by atoms with Gasteiger partial charge in [0.1, 0.15) is 11.5 Å². The van der Waals surface area contributed by atoms with E-state index >= 15 is 0 Å². The molecule has 0 radical (unpaired) electrons. The average Bonchev–Trinajstić information content (AvgIpc) is 2.87. The van der Waals surface area contributed by atoms with Crippen molar-refractivity contribution < 1.29 is 9.21 Å². The lowest BCUT2D eigenvalue weighted by Gasteiger charge is -1.98. The van der Waals surface area contributed by atoms with Crippen molar-refractivity contribution in [1.82, 2.24) is 5.43 Å². The zero-order chi connectivity index (χ0) is 14.5. The molecule has 1 aromatic heterocycles. The lowest BCUT2D eigenvalue weighted by molar-refractivity contribution is 0.100. The fourth-order valence-corrected chi connectivity index (χ4v) is 1.59. The van der Waals surface area contributed by atoms with Crippen LogP contribution in [-0.4, -0.2) is 17.2 Å². The number of nitrogens with two attached hydrogens (primary N) is 2. The third kappa shape index (κ3) is 3.42. The quantitative estimate of drug-likeness (QED) is 0.445. The van der Waals surface area contributed by atoms with Crippen molar-refractivity contribution in [2.75, 3.05) is 0 Å². The molecule has 0 saturated carbocycles. The number of benzene rings is 1. The highest BCUT2D eigenvalue weighted by Crippen LogP contribution is 2.21. The van der Waals surface area contributed by atoms with Gasteiger partial charge in [0.25, 0.3) is 0 Å². The first kappa shape index (κ1) is 13.8. The second kappa shape index (κ2) is 5.98. The molecule has 1 amide bonds. The highest BCUT2D eigenvalue weighted by Gasteiger charge is 2.05. The molecule has 1 heterocycles. The van der Waals surface area contributed by atoms with Gasteiger partial charge in [0.2, 0.25) is 5.91 Å². The average molecular weight is 288 g/mol. The number of thiocarbonyl (C=S) groups is 1. The van der Waals surface area contributed by atoms with E-state index in [1.54, 1.807) is 36.4 Å². The van der Waals surface area contributed by atoms with E-state index in [-0.39, 0.29) is 5.11 Å². The molecule has 0 fully saturated rings. The third-order valence-electron chi connectivity index (χ3n) is 2.45. The molecule has 2 rings (SSSR count). The Morgan fingerprint density at radius 1 is 1.20 bits per heavy atom. The van der Waals surface area contributed by atoms with Crippen LogP contribution >= 0.6 is 12.2 Å². The number of nitrogens with zero attached hydrogens (tertiary/aromatic N) is 1. The van der Waals surface area contributed by atoms with Crippen LogP contribution in [0.2, 0.25) is 0 Å². The molecule has 20 heavy (non-hydrogen) atoms. The van der Waals surface area contributed by atoms with Gasteiger partial charge in [0.05, 0.1) is 6.21 Å². The van der Waals surface area contributed by atoms with Gasteiger partial charge in [-0.3, -0.25) is 10.2 Å². The first-order chi connectivity index (χ1) is 9.56. The number of hydrazone groups is 1. The van der Waals surface area contributed by atoms with E-state index in [9.17, 15) is 4.79 Å². The van der Waals surface area contributed by atoms with Crippen molar-refractivity contribution in [3.8, 4) is 11.3 Å². The molecule has 0 aliphatic heterocycles. The lowest BCUT2D eigenvalue weighted by Crippen LogP contribution is -2.23. The van der Waals surface area contributed by atoms with Gasteiger partial charge in [0, 0.05) is 11.1 Å². The van der Waals surface area contributed by atoms with E-state index < -0.39 is 5.91 Å². The molecule has 0 bridgehead atoms. The standard InChI is InChI=1S/C13H12N4O2S/c14-12(18)9-3-1-8(2-4-9)11-6-5-10(19-11)7-16-17-13(15)20/h1-7H,(H2,14,18)(H3,15,17,20). The molecule has 0 saturated heterocycles. The van der Waals surface area contributed by atoms with E-state index in [0.29, 0.717) is 17.1 Å². The Balaban J connectivity index is 2.14. The highest BCUT2D eigenvalue weighted by atomic mass is 32.1. The number of carbonyl (C=O) groups excluding carboxylic acids is 1. The summed E-state index contributed by atoms with van der Waals surface area (Å²) >= 11 is 4.61. The molecular weight excluding hydrogens is 276 g/mol. The van der Waals surface area contributed by atoms with Crippen LogP contribution in [0, 0.1) is 0 Å². The SMILES string of the molecule is NC(=O)c1ccc(-c2ccc(C=NNC(N)=S)o2)cc1.